The van der Waals surface area contributed by atoms with E-state index in [9.17, 15) is 9.90 Å². The van der Waals surface area contributed by atoms with E-state index >= 15 is 0 Å². The van der Waals surface area contributed by atoms with E-state index < -0.39 is 5.54 Å². The molecule has 10 heteroatoms. The van der Waals surface area contributed by atoms with Crippen LogP contribution < -0.4 is 15.5 Å². The monoisotopic (exact) mass is 463 g/mol. The molecule has 4 rings (SSSR count). The number of carbonyl (C=O) groups excluding carboxylic acids is 1. The first-order valence-corrected chi connectivity index (χ1v) is 11.2. The Hall–Kier alpha value is -3.79. The smallest absolute Gasteiger partial charge is 0.254 e. The van der Waals surface area contributed by atoms with Gasteiger partial charge in [0.25, 0.3) is 5.91 Å². The van der Waals surface area contributed by atoms with E-state index in [1.165, 1.54) is 19.4 Å². The summed E-state index contributed by atoms with van der Waals surface area (Å²) in [4.78, 5) is 12.5. The lowest BCUT2D eigenvalue weighted by Gasteiger charge is -2.29. The summed E-state index contributed by atoms with van der Waals surface area (Å²) in [5.74, 6) is 0.814. The molecule has 1 amide bonds. The number of ether oxygens (including phenoxy) is 1. The number of hydrazone groups is 1. The molecular formula is C24H29N7O3. The van der Waals surface area contributed by atoms with Crippen LogP contribution in [-0.2, 0) is 10.3 Å². The van der Waals surface area contributed by atoms with Crippen molar-refractivity contribution in [2.75, 3.05) is 13.7 Å². The quantitative estimate of drug-likeness (QED) is 0.346. The van der Waals surface area contributed by atoms with E-state index in [0.29, 0.717) is 11.3 Å². The number of hydrogen-bond acceptors (Lipinski definition) is 8. The van der Waals surface area contributed by atoms with Gasteiger partial charge in [0, 0.05) is 0 Å². The van der Waals surface area contributed by atoms with E-state index in [0.717, 1.165) is 48.3 Å². The summed E-state index contributed by atoms with van der Waals surface area (Å²) in [5.41, 5.74) is 5.86. The van der Waals surface area contributed by atoms with E-state index in [1.54, 1.807) is 16.8 Å². The van der Waals surface area contributed by atoms with Crippen molar-refractivity contribution >= 4 is 12.1 Å². The third-order valence-corrected chi connectivity index (χ3v) is 6.20. The zero-order valence-corrected chi connectivity index (χ0v) is 19.6. The van der Waals surface area contributed by atoms with Crippen molar-refractivity contribution in [2.24, 2.45) is 5.10 Å². The Bertz CT molecular complexity index is 1180. The summed E-state index contributed by atoms with van der Waals surface area (Å²) in [6.07, 6.45) is 5.21. The Morgan fingerprint density at radius 3 is 2.68 bits per heavy atom. The molecule has 1 aliphatic rings. The second-order valence-electron chi connectivity index (χ2n) is 8.52. The highest BCUT2D eigenvalue weighted by molar-refractivity contribution is 5.83. The molecule has 0 radical (unpaired) electrons. The maximum absolute atomic E-state index is 12.5. The summed E-state index contributed by atoms with van der Waals surface area (Å²) >= 11 is 0. The van der Waals surface area contributed by atoms with Crippen LogP contribution in [-0.4, -0.2) is 51.1 Å². The van der Waals surface area contributed by atoms with E-state index in [1.807, 2.05) is 32.0 Å². The van der Waals surface area contributed by atoms with Crippen molar-refractivity contribution in [2.45, 2.75) is 45.1 Å². The largest absolute Gasteiger partial charge is 0.504 e. The number of carbonyl (C=O) groups is 1. The molecule has 0 saturated heterocycles. The van der Waals surface area contributed by atoms with Crippen molar-refractivity contribution in [1.29, 1.82) is 0 Å². The molecule has 0 atom stereocenters. The number of phenolic OH excluding ortho intramolecular Hbond substituents is 1. The molecule has 2 aromatic carbocycles. The van der Waals surface area contributed by atoms with Crippen LogP contribution in [0.5, 0.6) is 11.5 Å². The lowest BCUT2D eigenvalue weighted by atomic mass is 9.95. The number of rotatable bonds is 8. The highest BCUT2D eigenvalue weighted by atomic mass is 16.5. The normalized spacial score (nSPS) is 15.0. The minimum atomic E-state index is -0.496. The molecular weight excluding hydrogens is 434 g/mol. The number of amides is 1. The Kier molecular flexibility index (Phi) is 6.87. The van der Waals surface area contributed by atoms with Gasteiger partial charge in [0.15, 0.2) is 17.3 Å². The molecule has 1 heterocycles. The highest BCUT2D eigenvalue weighted by Crippen LogP contribution is 2.38. The van der Waals surface area contributed by atoms with Crippen molar-refractivity contribution in [1.82, 2.24) is 30.9 Å². The Balaban J connectivity index is 1.47. The molecule has 178 valence electrons. The number of hydrogen-bond donors (Lipinski definition) is 3. The van der Waals surface area contributed by atoms with Crippen LogP contribution in [0.2, 0.25) is 0 Å². The van der Waals surface area contributed by atoms with E-state index in [2.05, 4.69) is 31.4 Å². The van der Waals surface area contributed by atoms with Gasteiger partial charge >= 0.3 is 0 Å². The van der Waals surface area contributed by atoms with Crippen molar-refractivity contribution in [3.8, 4) is 17.2 Å². The summed E-state index contributed by atoms with van der Waals surface area (Å²) < 4.78 is 6.89. The first-order valence-electron chi connectivity index (χ1n) is 11.2. The van der Waals surface area contributed by atoms with Crippen LogP contribution >= 0.6 is 0 Å². The molecule has 1 aromatic heterocycles. The minimum Gasteiger partial charge on any atom is -0.504 e. The number of methoxy groups -OCH3 is 1. The third-order valence-electron chi connectivity index (χ3n) is 6.20. The highest BCUT2D eigenvalue weighted by Gasteiger charge is 2.41. The van der Waals surface area contributed by atoms with Crippen LogP contribution in [0.25, 0.3) is 5.69 Å². The number of nitrogens with zero attached hydrogens (tertiary/aromatic N) is 5. The van der Waals surface area contributed by atoms with Crippen molar-refractivity contribution < 1.29 is 14.6 Å². The Labute approximate surface area is 198 Å². The molecule has 1 saturated carbocycles. The van der Waals surface area contributed by atoms with Crippen LogP contribution in [0, 0.1) is 13.8 Å². The molecule has 34 heavy (non-hydrogen) atoms. The first kappa shape index (κ1) is 23.4. The number of aryl methyl sites for hydroxylation is 2. The van der Waals surface area contributed by atoms with Gasteiger partial charge in [0.05, 0.1) is 31.1 Å². The van der Waals surface area contributed by atoms with Crippen molar-refractivity contribution in [3.63, 3.8) is 0 Å². The summed E-state index contributed by atoms with van der Waals surface area (Å²) in [5, 5.41) is 29.8. The van der Waals surface area contributed by atoms with Gasteiger partial charge in [-0.3, -0.25) is 10.1 Å². The molecule has 0 spiro atoms. The van der Waals surface area contributed by atoms with Gasteiger partial charge in [0.1, 0.15) is 0 Å². The average Bonchev–Trinajstić information content (AvgIpc) is 3.49. The van der Waals surface area contributed by atoms with Gasteiger partial charge in [-0.15, -0.1) is 5.10 Å². The fourth-order valence-electron chi connectivity index (χ4n) is 4.48. The van der Waals surface area contributed by atoms with Gasteiger partial charge in [-0.05, 0) is 72.0 Å². The molecule has 1 aliphatic carbocycles. The second-order valence-corrected chi connectivity index (χ2v) is 8.52. The van der Waals surface area contributed by atoms with Crippen LogP contribution in [0.1, 0.15) is 48.2 Å². The summed E-state index contributed by atoms with van der Waals surface area (Å²) in [7, 11) is 1.47. The molecule has 3 aromatic rings. The van der Waals surface area contributed by atoms with Gasteiger partial charge < -0.3 is 9.84 Å². The molecule has 0 bridgehead atoms. The molecule has 1 fully saturated rings. The predicted octanol–water partition coefficient (Wildman–Crippen LogP) is 2.50. The number of phenols is 1. The zero-order chi connectivity index (χ0) is 24.1. The van der Waals surface area contributed by atoms with Crippen LogP contribution in [0.4, 0.5) is 0 Å². The third kappa shape index (κ3) is 4.76. The topological polar surface area (TPSA) is 127 Å². The minimum absolute atomic E-state index is 0.0398. The maximum Gasteiger partial charge on any atom is 0.254 e. The number of aromatic hydroxyl groups is 1. The van der Waals surface area contributed by atoms with Crippen LogP contribution in [0.15, 0.2) is 41.5 Å². The molecule has 0 unspecified atom stereocenters. The predicted molar refractivity (Wildman–Crippen MR) is 127 cm³/mol. The van der Waals surface area contributed by atoms with Gasteiger partial charge in [0.2, 0.25) is 0 Å². The van der Waals surface area contributed by atoms with Gasteiger partial charge in [-0.2, -0.15) is 9.78 Å². The molecule has 10 nitrogen and oxygen atoms in total. The molecule has 3 N–H and O–H groups in total. The van der Waals surface area contributed by atoms with E-state index in [-0.39, 0.29) is 18.2 Å². The SMILES string of the molecule is COc1cc(C=NNC(=O)CNC2(c3nnnn3-c3c(C)cccc3C)CCCC2)ccc1O. The Morgan fingerprint density at radius 1 is 1.24 bits per heavy atom. The summed E-state index contributed by atoms with van der Waals surface area (Å²) in [6, 6.07) is 10.9. The number of nitrogens with one attached hydrogen (secondary N) is 2. The lowest BCUT2D eigenvalue weighted by molar-refractivity contribution is -0.120. The fraction of sp³-hybridized carbons (Fsp3) is 0.375. The van der Waals surface area contributed by atoms with Crippen molar-refractivity contribution in [3.05, 3.63) is 58.9 Å². The number of para-hydroxylation sites is 1. The second kappa shape index (κ2) is 10.0. The first-order chi connectivity index (χ1) is 16.4. The maximum atomic E-state index is 12.5. The van der Waals surface area contributed by atoms with Gasteiger partial charge in [-0.25, -0.2) is 5.43 Å². The number of tetrazole rings is 1. The summed E-state index contributed by atoms with van der Waals surface area (Å²) in [6.45, 7) is 4.14. The number of aromatic nitrogens is 4. The molecule has 0 aliphatic heterocycles. The number of benzene rings is 2. The van der Waals surface area contributed by atoms with Crippen LogP contribution in [0.3, 0.4) is 0 Å². The lowest BCUT2D eigenvalue weighted by Crippen LogP contribution is -2.46. The van der Waals surface area contributed by atoms with E-state index in [4.69, 9.17) is 4.74 Å². The fourth-order valence-corrected chi connectivity index (χ4v) is 4.48. The van der Waals surface area contributed by atoms with Gasteiger partial charge in [-0.1, -0.05) is 31.0 Å². The standard InChI is InChI=1S/C24H29N7O3/c1-16-7-6-8-17(2)22(16)31-23(28-29-30-31)24(11-4-5-12-24)25-15-21(33)27-26-14-18-9-10-19(32)20(13-18)34-3/h6-10,13-14,25,32H,4-5,11-12,15H2,1-3H3,(H,27,33). The average molecular weight is 464 g/mol. The zero-order valence-electron chi connectivity index (χ0n) is 19.6. The Morgan fingerprint density at radius 2 is 1.97 bits per heavy atom.